The summed E-state index contributed by atoms with van der Waals surface area (Å²) in [6.45, 7) is 8.70. The van der Waals surface area contributed by atoms with E-state index in [1.165, 1.54) is 6.07 Å². The molecule has 6 heteroatoms. The molecule has 0 saturated carbocycles. The molecule has 0 aliphatic carbocycles. The third-order valence-electron chi connectivity index (χ3n) is 3.93. The number of hydrogen-bond acceptors (Lipinski definition) is 3. The van der Waals surface area contributed by atoms with E-state index in [2.05, 4.69) is 5.32 Å². The number of carbonyl (C=O) groups excluding carboxylic acids is 2. The number of rotatable bonds is 3. The first-order valence-corrected chi connectivity index (χ1v) is 8.18. The summed E-state index contributed by atoms with van der Waals surface area (Å²) in [5.41, 5.74) is 0.350. The fourth-order valence-electron chi connectivity index (χ4n) is 2.63. The van der Waals surface area contributed by atoms with Crippen LogP contribution in [0.5, 0.6) is 0 Å². The van der Waals surface area contributed by atoms with Gasteiger partial charge in [-0.25, -0.2) is 9.18 Å². The van der Waals surface area contributed by atoms with E-state index in [-0.39, 0.29) is 17.6 Å². The van der Waals surface area contributed by atoms with Gasteiger partial charge in [0, 0.05) is 25.2 Å². The van der Waals surface area contributed by atoms with Gasteiger partial charge in [0.15, 0.2) is 0 Å². The van der Waals surface area contributed by atoms with Crippen LogP contribution in [0.3, 0.4) is 0 Å². The highest BCUT2D eigenvalue weighted by molar-refractivity contribution is 5.94. The molecule has 1 unspecified atom stereocenters. The largest absolute Gasteiger partial charge is 0.444 e. The van der Waals surface area contributed by atoms with E-state index in [9.17, 15) is 14.0 Å². The fraction of sp³-hybridized carbons (Fsp3) is 0.556. The summed E-state index contributed by atoms with van der Waals surface area (Å²) < 4.78 is 18.8. The maximum absolute atomic E-state index is 13.6. The molecule has 0 radical (unpaired) electrons. The molecule has 1 saturated heterocycles. The van der Waals surface area contributed by atoms with Gasteiger partial charge in [0.25, 0.3) is 5.91 Å². The first-order valence-electron chi connectivity index (χ1n) is 8.18. The molecule has 1 atom stereocenters. The van der Waals surface area contributed by atoms with Crippen molar-refractivity contribution in [1.29, 1.82) is 0 Å². The Morgan fingerprint density at radius 2 is 2.08 bits per heavy atom. The SMILES string of the molecule is Cc1ccc(C(=O)N2CCC(CNC(=O)OC(C)(C)C)C2)cc1F. The Morgan fingerprint density at radius 3 is 2.71 bits per heavy atom. The molecule has 132 valence electrons. The highest BCUT2D eigenvalue weighted by atomic mass is 19.1. The van der Waals surface area contributed by atoms with Gasteiger partial charge in [-0.2, -0.15) is 0 Å². The molecule has 1 heterocycles. The van der Waals surface area contributed by atoms with Gasteiger partial charge in [-0.15, -0.1) is 0 Å². The molecule has 5 nitrogen and oxygen atoms in total. The van der Waals surface area contributed by atoms with Crippen LogP contribution in [0.15, 0.2) is 18.2 Å². The summed E-state index contributed by atoms with van der Waals surface area (Å²) in [4.78, 5) is 25.8. The minimum Gasteiger partial charge on any atom is -0.444 e. The lowest BCUT2D eigenvalue weighted by Gasteiger charge is -2.21. The highest BCUT2D eigenvalue weighted by Gasteiger charge is 2.28. The molecule has 1 aromatic rings. The first-order chi connectivity index (χ1) is 11.2. The van der Waals surface area contributed by atoms with Gasteiger partial charge < -0.3 is 15.0 Å². The molecule has 1 fully saturated rings. The number of carbonyl (C=O) groups is 2. The van der Waals surface area contributed by atoms with Crippen LogP contribution in [0.4, 0.5) is 9.18 Å². The molecular formula is C18H25FN2O3. The van der Waals surface area contributed by atoms with Crippen molar-refractivity contribution in [1.82, 2.24) is 10.2 Å². The van der Waals surface area contributed by atoms with E-state index in [4.69, 9.17) is 4.74 Å². The number of hydrogen-bond donors (Lipinski definition) is 1. The number of halogens is 1. The highest BCUT2D eigenvalue weighted by Crippen LogP contribution is 2.19. The summed E-state index contributed by atoms with van der Waals surface area (Å²) in [5.74, 6) is -0.367. The number of ether oxygens (including phenoxy) is 1. The van der Waals surface area contributed by atoms with E-state index in [0.717, 1.165) is 6.42 Å². The van der Waals surface area contributed by atoms with Gasteiger partial charge in [-0.1, -0.05) is 6.07 Å². The van der Waals surface area contributed by atoms with Crippen molar-refractivity contribution in [2.45, 2.75) is 39.7 Å². The van der Waals surface area contributed by atoms with Crippen LogP contribution in [0.2, 0.25) is 0 Å². The molecule has 24 heavy (non-hydrogen) atoms. The molecule has 0 aromatic heterocycles. The topological polar surface area (TPSA) is 58.6 Å². The summed E-state index contributed by atoms with van der Waals surface area (Å²) in [6, 6.07) is 4.54. The summed E-state index contributed by atoms with van der Waals surface area (Å²) >= 11 is 0. The molecule has 1 aliphatic rings. The third-order valence-corrected chi connectivity index (χ3v) is 3.93. The second kappa shape index (κ2) is 7.20. The second-order valence-electron chi connectivity index (χ2n) is 7.25. The quantitative estimate of drug-likeness (QED) is 0.922. The summed E-state index contributed by atoms with van der Waals surface area (Å²) in [5, 5.41) is 2.74. The number of nitrogens with zero attached hydrogens (tertiary/aromatic N) is 1. The molecule has 0 spiro atoms. The van der Waals surface area contributed by atoms with Crippen molar-refractivity contribution < 1.29 is 18.7 Å². The normalized spacial score (nSPS) is 17.7. The van der Waals surface area contributed by atoms with Gasteiger partial charge in [0.1, 0.15) is 11.4 Å². The van der Waals surface area contributed by atoms with Crippen LogP contribution in [0.1, 0.15) is 43.1 Å². The van der Waals surface area contributed by atoms with Crippen molar-refractivity contribution in [3.8, 4) is 0 Å². The molecule has 2 amide bonds. The van der Waals surface area contributed by atoms with Crippen molar-refractivity contribution in [3.05, 3.63) is 35.1 Å². The van der Waals surface area contributed by atoms with Gasteiger partial charge in [-0.05, 0) is 57.7 Å². The van der Waals surface area contributed by atoms with Crippen LogP contribution in [0, 0.1) is 18.7 Å². The zero-order valence-corrected chi connectivity index (χ0v) is 14.7. The lowest BCUT2D eigenvalue weighted by atomic mass is 10.1. The Bertz CT molecular complexity index is 625. The Labute approximate surface area is 142 Å². The van der Waals surface area contributed by atoms with E-state index in [1.54, 1.807) is 24.0 Å². The average molecular weight is 336 g/mol. The number of alkyl carbamates (subject to hydrolysis) is 1. The molecule has 2 rings (SSSR count). The zero-order valence-electron chi connectivity index (χ0n) is 14.7. The van der Waals surface area contributed by atoms with E-state index in [0.29, 0.717) is 30.8 Å². The van der Waals surface area contributed by atoms with E-state index in [1.807, 2.05) is 20.8 Å². The van der Waals surface area contributed by atoms with Crippen LogP contribution in [-0.4, -0.2) is 42.1 Å². The van der Waals surface area contributed by atoms with Crippen LogP contribution in [-0.2, 0) is 4.74 Å². The minimum atomic E-state index is -0.530. The number of nitrogens with one attached hydrogen (secondary N) is 1. The first kappa shape index (κ1) is 18.2. The number of likely N-dealkylation sites (tertiary alicyclic amines) is 1. The van der Waals surface area contributed by atoms with Crippen LogP contribution < -0.4 is 5.32 Å². The van der Waals surface area contributed by atoms with Crippen molar-refractivity contribution in [2.24, 2.45) is 5.92 Å². The van der Waals surface area contributed by atoms with Crippen molar-refractivity contribution in [2.75, 3.05) is 19.6 Å². The Morgan fingerprint density at radius 1 is 1.38 bits per heavy atom. The van der Waals surface area contributed by atoms with Gasteiger partial charge >= 0.3 is 6.09 Å². The predicted molar refractivity (Wildman–Crippen MR) is 89.4 cm³/mol. The lowest BCUT2D eigenvalue weighted by Crippen LogP contribution is -2.36. The van der Waals surface area contributed by atoms with Crippen molar-refractivity contribution in [3.63, 3.8) is 0 Å². The van der Waals surface area contributed by atoms with E-state index < -0.39 is 11.7 Å². The average Bonchev–Trinajstić information content (AvgIpc) is 2.94. The fourth-order valence-corrected chi connectivity index (χ4v) is 2.63. The maximum Gasteiger partial charge on any atom is 0.407 e. The van der Waals surface area contributed by atoms with Crippen LogP contribution >= 0.6 is 0 Å². The van der Waals surface area contributed by atoms with Crippen LogP contribution in [0.25, 0.3) is 0 Å². The second-order valence-corrected chi connectivity index (χ2v) is 7.25. The molecule has 1 aromatic carbocycles. The number of amides is 2. The van der Waals surface area contributed by atoms with Gasteiger partial charge in [-0.3, -0.25) is 4.79 Å². The molecular weight excluding hydrogens is 311 g/mol. The standard InChI is InChI=1S/C18H25FN2O3/c1-12-5-6-14(9-15(12)19)16(22)21-8-7-13(11-21)10-20-17(23)24-18(2,3)4/h5-6,9,13H,7-8,10-11H2,1-4H3,(H,20,23). The summed E-state index contributed by atoms with van der Waals surface area (Å²) in [7, 11) is 0. The Hall–Kier alpha value is -2.11. The molecule has 0 bridgehead atoms. The van der Waals surface area contributed by atoms with Gasteiger partial charge in [0.2, 0.25) is 0 Å². The number of benzene rings is 1. The van der Waals surface area contributed by atoms with E-state index >= 15 is 0 Å². The smallest absolute Gasteiger partial charge is 0.407 e. The third kappa shape index (κ3) is 4.94. The lowest BCUT2D eigenvalue weighted by molar-refractivity contribution is 0.0520. The Balaban J connectivity index is 1.85. The zero-order chi connectivity index (χ0) is 17.9. The monoisotopic (exact) mass is 336 g/mol. The minimum absolute atomic E-state index is 0.173. The Kier molecular flexibility index (Phi) is 5.47. The molecule has 1 aliphatic heterocycles. The van der Waals surface area contributed by atoms with Crippen molar-refractivity contribution >= 4 is 12.0 Å². The number of aryl methyl sites for hydroxylation is 1. The summed E-state index contributed by atoms with van der Waals surface area (Å²) in [6.07, 6.45) is 0.350. The molecule has 1 N–H and O–H groups in total. The predicted octanol–water partition coefficient (Wildman–Crippen LogP) is 3.12. The van der Waals surface area contributed by atoms with Gasteiger partial charge in [0.05, 0.1) is 0 Å². The maximum atomic E-state index is 13.6.